The van der Waals surface area contributed by atoms with Gasteiger partial charge in [0.15, 0.2) is 0 Å². The van der Waals surface area contributed by atoms with E-state index in [2.05, 4.69) is 32.7 Å². The van der Waals surface area contributed by atoms with Crippen molar-refractivity contribution in [2.75, 3.05) is 13.2 Å². The van der Waals surface area contributed by atoms with E-state index in [-0.39, 0.29) is 10.8 Å². The lowest BCUT2D eigenvalue weighted by Crippen LogP contribution is -2.42. The Hall–Kier alpha value is -2.93. The van der Waals surface area contributed by atoms with Crippen molar-refractivity contribution in [3.63, 3.8) is 0 Å². The molecule has 1 aliphatic rings. The quantitative estimate of drug-likeness (QED) is 0.496. The van der Waals surface area contributed by atoms with Crippen molar-refractivity contribution in [3.05, 3.63) is 66.6 Å². The first-order chi connectivity index (χ1) is 15.7. The Kier molecular flexibility index (Phi) is 6.43. The van der Waals surface area contributed by atoms with Gasteiger partial charge in [-0.25, -0.2) is 0 Å². The summed E-state index contributed by atoms with van der Waals surface area (Å²) in [7, 11) is 0. The molecule has 0 bridgehead atoms. The van der Waals surface area contributed by atoms with E-state index in [1.165, 1.54) is 11.1 Å². The third kappa shape index (κ3) is 4.74. The first-order valence-electron chi connectivity index (χ1n) is 11.3. The first-order valence-corrected chi connectivity index (χ1v) is 12.1. The van der Waals surface area contributed by atoms with E-state index < -0.39 is 5.60 Å². The van der Waals surface area contributed by atoms with Crippen LogP contribution in [0.25, 0.3) is 0 Å². The fourth-order valence-electron chi connectivity index (χ4n) is 4.34. The summed E-state index contributed by atoms with van der Waals surface area (Å²) in [6.07, 6.45) is 2.28. The Morgan fingerprint density at radius 1 is 1.12 bits per heavy atom. The highest BCUT2D eigenvalue weighted by molar-refractivity contribution is 7.09. The van der Waals surface area contributed by atoms with Crippen LogP contribution >= 0.6 is 11.3 Å². The number of ether oxygens (including phenoxy) is 3. The zero-order chi connectivity index (χ0) is 23.8. The average molecular weight is 470 g/mol. The van der Waals surface area contributed by atoms with Crippen LogP contribution in [0.15, 0.2) is 29.1 Å². The van der Waals surface area contributed by atoms with Gasteiger partial charge in [0.05, 0.1) is 11.5 Å². The fourth-order valence-corrected chi connectivity index (χ4v) is 5.10. The van der Waals surface area contributed by atoms with E-state index in [4.69, 9.17) is 14.2 Å². The molecule has 1 aromatic heterocycles. The summed E-state index contributed by atoms with van der Waals surface area (Å²) in [6, 6.07) is 7.72. The van der Waals surface area contributed by atoms with Crippen LogP contribution in [-0.4, -0.2) is 28.9 Å². The summed E-state index contributed by atoms with van der Waals surface area (Å²) in [6.45, 7) is 11.5. The van der Waals surface area contributed by atoms with Gasteiger partial charge in [0.1, 0.15) is 29.5 Å². The molecule has 2 heterocycles. The van der Waals surface area contributed by atoms with Gasteiger partial charge in [-0.3, -0.25) is 9.78 Å². The van der Waals surface area contributed by atoms with Crippen LogP contribution in [0, 0.1) is 20.8 Å². The molecule has 1 aliphatic heterocycles. The number of thiazole rings is 1. The predicted molar refractivity (Wildman–Crippen MR) is 131 cm³/mol. The van der Waals surface area contributed by atoms with Crippen molar-refractivity contribution in [2.45, 2.75) is 59.5 Å². The van der Waals surface area contributed by atoms with E-state index in [0.717, 1.165) is 58.1 Å². The Morgan fingerprint density at radius 3 is 2.48 bits per heavy atom. The maximum atomic E-state index is 11.4. The van der Waals surface area contributed by atoms with Crippen molar-refractivity contribution in [2.24, 2.45) is 0 Å². The van der Waals surface area contributed by atoms with Crippen LogP contribution in [0.2, 0.25) is 0 Å². The number of aromatic nitrogens is 1. The largest absolute Gasteiger partial charge is 0.494 e. The summed E-state index contributed by atoms with van der Waals surface area (Å²) < 4.78 is 18.6. The van der Waals surface area contributed by atoms with Gasteiger partial charge in [0.2, 0.25) is 5.88 Å². The molecule has 33 heavy (non-hydrogen) atoms. The molecule has 0 spiro atoms. The van der Waals surface area contributed by atoms with Crippen molar-refractivity contribution in [1.29, 1.82) is 0 Å². The minimum atomic E-state index is -0.425. The summed E-state index contributed by atoms with van der Waals surface area (Å²) in [5.74, 6) is 2.66. The maximum Gasteiger partial charge on any atom is 0.307 e. The molecule has 176 valence electrons. The van der Waals surface area contributed by atoms with Crippen molar-refractivity contribution >= 4 is 11.3 Å². The third-order valence-corrected chi connectivity index (χ3v) is 7.26. The Labute approximate surface area is 198 Å². The van der Waals surface area contributed by atoms with Crippen molar-refractivity contribution < 1.29 is 19.3 Å². The number of benzene rings is 2. The monoisotopic (exact) mass is 469 g/mol. The lowest BCUT2D eigenvalue weighted by Gasteiger charge is -2.38. The zero-order valence-electron chi connectivity index (χ0n) is 19.8. The molecule has 0 radical (unpaired) electrons. The number of nitrogens with one attached hydrogen (secondary N) is 1. The second kappa shape index (κ2) is 9.14. The average Bonchev–Trinajstić information content (AvgIpc) is 3.11. The van der Waals surface area contributed by atoms with E-state index in [9.17, 15) is 9.90 Å². The number of H-pyrrole nitrogens is 1. The second-order valence-electron chi connectivity index (χ2n) is 8.89. The number of hydrogen-bond donors (Lipinski definition) is 2. The minimum absolute atomic E-state index is 0.0536. The zero-order valence-corrected chi connectivity index (χ0v) is 20.6. The van der Waals surface area contributed by atoms with Crippen molar-refractivity contribution in [1.82, 2.24) is 4.98 Å². The van der Waals surface area contributed by atoms with E-state index in [1.807, 2.05) is 31.2 Å². The number of hydrogen-bond acceptors (Lipinski definition) is 6. The summed E-state index contributed by atoms with van der Waals surface area (Å²) in [5.41, 5.74) is 5.24. The highest BCUT2D eigenvalue weighted by Crippen LogP contribution is 2.43. The van der Waals surface area contributed by atoms with Crippen LogP contribution in [0.3, 0.4) is 0 Å². The first kappa shape index (κ1) is 23.2. The third-order valence-electron chi connectivity index (χ3n) is 6.38. The topological polar surface area (TPSA) is 80.8 Å². The SMILES string of the molecule is CCOc1c(C)c(C)c2c(c1C)CCC(C)(COc1ccc(Cc3sc(=O)[nH]c3O)cc1)O2. The van der Waals surface area contributed by atoms with Crippen LogP contribution in [0.5, 0.6) is 23.1 Å². The molecule has 2 aromatic carbocycles. The Bertz CT molecular complexity index is 1210. The van der Waals surface area contributed by atoms with Gasteiger partial charge in [-0.15, -0.1) is 0 Å². The Morgan fingerprint density at radius 2 is 1.85 bits per heavy atom. The molecule has 0 amide bonds. The van der Waals surface area contributed by atoms with Crippen LogP contribution in [0.1, 0.15) is 53.0 Å². The molecule has 3 aromatic rings. The van der Waals surface area contributed by atoms with E-state index in [1.54, 1.807) is 0 Å². The Balaban J connectivity index is 1.44. The van der Waals surface area contributed by atoms with Gasteiger partial charge in [-0.05, 0) is 81.8 Å². The van der Waals surface area contributed by atoms with Gasteiger partial charge in [0, 0.05) is 12.0 Å². The molecule has 0 saturated heterocycles. The van der Waals surface area contributed by atoms with Gasteiger partial charge >= 0.3 is 4.87 Å². The van der Waals surface area contributed by atoms with Gasteiger partial charge in [0.25, 0.3) is 0 Å². The van der Waals surface area contributed by atoms with Gasteiger partial charge < -0.3 is 19.3 Å². The van der Waals surface area contributed by atoms with Crippen LogP contribution in [0.4, 0.5) is 0 Å². The molecule has 0 aliphatic carbocycles. The summed E-state index contributed by atoms with van der Waals surface area (Å²) in [5, 5.41) is 9.78. The summed E-state index contributed by atoms with van der Waals surface area (Å²) in [4.78, 5) is 14.1. The summed E-state index contributed by atoms with van der Waals surface area (Å²) >= 11 is 1.03. The highest BCUT2D eigenvalue weighted by atomic mass is 32.1. The molecule has 7 heteroatoms. The molecule has 2 N–H and O–H groups in total. The number of rotatable bonds is 7. The maximum absolute atomic E-state index is 11.4. The fraction of sp³-hybridized carbons (Fsp3) is 0.423. The standard InChI is InChI=1S/C26H31NO5S/c1-6-30-22-15(2)16(3)23-20(17(22)4)11-12-26(5,32-23)14-31-19-9-7-18(8-10-19)13-21-24(28)27-25(29)33-21/h7-10,28H,6,11-14H2,1-5H3,(H,27,29). The molecular weight excluding hydrogens is 438 g/mol. The lowest BCUT2D eigenvalue weighted by atomic mass is 9.87. The van der Waals surface area contributed by atoms with E-state index >= 15 is 0 Å². The molecule has 0 saturated carbocycles. The normalized spacial score (nSPS) is 17.4. The second-order valence-corrected chi connectivity index (χ2v) is 9.96. The minimum Gasteiger partial charge on any atom is -0.494 e. The molecule has 1 atom stereocenters. The lowest BCUT2D eigenvalue weighted by molar-refractivity contribution is 0.0166. The van der Waals surface area contributed by atoms with Crippen LogP contribution in [-0.2, 0) is 12.8 Å². The van der Waals surface area contributed by atoms with Gasteiger partial charge in [-0.1, -0.05) is 23.5 Å². The molecule has 1 unspecified atom stereocenters. The predicted octanol–water partition coefficient (Wildman–Crippen LogP) is 5.22. The number of fused-ring (bicyclic) bond motifs is 1. The van der Waals surface area contributed by atoms with Gasteiger partial charge in [-0.2, -0.15) is 0 Å². The smallest absolute Gasteiger partial charge is 0.307 e. The van der Waals surface area contributed by atoms with E-state index in [0.29, 0.717) is 24.5 Å². The number of aromatic amines is 1. The molecule has 0 fully saturated rings. The molecule has 4 rings (SSSR count). The van der Waals surface area contributed by atoms with Crippen molar-refractivity contribution in [3.8, 4) is 23.1 Å². The highest BCUT2D eigenvalue weighted by Gasteiger charge is 2.35. The molecule has 6 nitrogen and oxygen atoms in total. The van der Waals surface area contributed by atoms with Crippen LogP contribution < -0.4 is 19.1 Å². The number of aromatic hydroxyl groups is 1. The molecular formula is C26H31NO5S.